The summed E-state index contributed by atoms with van der Waals surface area (Å²) in [7, 11) is 4.10. The van der Waals surface area contributed by atoms with Crippen LogP contribution in [0.2, 0.25) is 0 Å². The van der Waals surface area contributed by atoms with Gasteiger partial charge in [0.25, 0.3) is 0 Å². The van der Waals surface area contributed by atoms with E-state index in [1.807, 2.05) is 0 Å². The van der Waals surface area contributed by atoms with Crippen LogP contribution in [-0.4, -0.2) is 27.2 Å². The van der Waals surface area contributed by atoms with E-state index < -0.39 is 0 Å². The third-order valence-corrected chi connectivity index (χ3v) is 5.28. The van der Waals surface area contributed by atoms with E-state index in [0.29, 0.717) is 0 Å². The van der Waals surface area contributed by atoms with Crippen LogP contribution in [0.1, 0.15) is 35.1 Å². The maximum Gasteiger partial charge on any atom is 0.0239 e. The lowest BCUT2D eigenvalue weighted by Crippen LogP contribution is -2.33. The van der Waals surface area contributed by atoms with Gasteiger partial charge in [0.2, 0.25) is 0 Å². The molecule has 122 valence electrons. The Labute approximate surface area is 140 Å². The molecule has 0 atom stereocenters. The zero-order valence-electron chi connectivity index (χ0n) is 14.8. The first-order valence-corrected chi connectivity index (χ1v) is 8.64. The predicted molar refractivity (Wildman–Crippen MR) is 99.2 cm³/mol. The Morgan fingerprint density at radius 1 is 0.739 bits per heavy atom. The van der Waals surface area contributed by atoms with Crippen molar-refractivity contribution in [3.63, 3.8) is 0 Å². The maximum atomic E-state index is 3.37. The third kappa shape index (κ3) is 2.71. The molecule has 0 saturated heterocycles. The van der Waals surface area contributed by atoms with Crippen LogP contribution in [0.5, 0.6) is 0 Å². The summed E-state index contributed by atoms with van der Waals surface area (Å²) in [4.78, 5) is 0. The molecule has 0 heterocycles. The second kappa shape index (κ2) is 6.46. The van der Waals surface area contributed by atoms with Crippen LogP contribution in [-0.2, 0) is 5.41 Å². The number of nitrogens with one attached hydrogen (secondary N) is 2. The second-order valence-electron chi connectivity index (χ2n) is 6.89. The van der Waals surface area contributed by atoms with Gasteiger partial charge in [-0.25, -0.2) is 0 Å². The Bertz CT molecular complexity index is 641. The molecule has 0 bridgehead atoms. The first kappa shape index (κ1) is 16.2. The summed E-state index contributed by atoms with van der Waals surface area (Å²) in [6, 6.07) is 14.0. The fourth-order valence-corrected chi connectivity index (χ4v) is 4.06. The van der Waals surface area contributed by atoms with E-state index in [2.05, 4.69) is 75.0 Å². The number of aryl methyl sites for hydroxylation is 2. The second-order valence-corrected chi connectivity index (χ2v) is 6.89. The topological polar surface area (TPSA) is 24.1 Å². The summed E-state index contributed by atoms with van der Waals surface area (Å²) in [5.41, 5.74) is 8.72. The summed E-state index contributed by atoms with van der Waals surface area (Å²) < 4.78 is 0. The highest BCUT2D eigenvalue weighted by molar-refractivity contribution is 5.81. The van der Waals surface area contributed by atoms with Gasteiger partial charge in [-0.3, -0.25) is 0 Å². The van der Waals surface area contributed by atoms with Gasteiger partial charge in [0.15, 0.2) is 0 Å². The molecule has 2 nitrogen and oxygen atoms in total. The Kier molecular flexibility index (Phi) is 4.56. The van der Waals surface area contributed by atoms with Crippen LogP contribution in [0, 0.1) is 13.8 Å². The molecule has 0 aliphatic heterocycles. The summed E-state index contributed by atoms with van der Waals surface area (Å²) in [5.74, 6) is 0. The minimum absolute atomic E-state index is 0.120. The van der Waals surface area contributed by atoms with Gasteiger partial charge in [-0.2, -0.15) is 0 Å². The van der Waals surface area contributed by atoms with Gasteiger partial charge in [0.05, 0.1) is 0 Å². The molecule has 0 aromatic heterocycles. The highest BCUT2D eigenvalue weighted by atomic mass is 14.8. The zero-order valence-corrected chi connectivity index (χ0v) is 14.8. The molecule has 0 fully saturated rings. The quantitative estimate of drug-likeness (QED) is 0.848. The largest absolute Gasteiger partial charge is 0.320 e. The fourth-order valence-electron chi connectivity index (χ4n) is 4.06. The molecule has 2 aromatic carbocycles. The molecule has 23 heavy (non-hydrogen) atoms. The van der Waals surface area contributed by atoms with Crippen LogP contribution in [0.3, 0.4) is 0 Å². The molecule has 0 saturated carbocycles. The lowest BCUT2D eigenvalue weighted by Gasteiger charge is -2.33. The van der Waals surface area contributed by atoms with E-state index in [1.54, 1.807) is 0 Å². The molecule has 0 spiro atoms. The smallest absolute Gasteiger partial charge is 0.0239 e. The van der Waals surface area contributed by atoms with Crippen molar-refractivity contribution in [2.45, 2.75) is 32.1 Å². The van der Waals surface area contributed by atoms with E-state index in [9.17, 15) is 0 Å². The maximum absolute atomic E-state index is 3.37. The van der Waals surface area contributed by atoms with Crippen molar-refractivity contribution in [2.75, 3.05) is 27.2 Å². The monoisotopic (exact) mass is 308 g/mol. The molecular formula is C21H28N2. The fraction of sp³-hybridized carbons (Fsp3) is 0.429. The molecule has 2 N–H and O–H groups in total. The molecule has 2 aromatic rings. The number of hydrogen-bond acceptors (Lipinski definition) is 2. The van der Waals surface area contributed by atoms with E-state index in [0.717, 1.165) is 25.9 Å². The molecule has 0 amide bonds. The van der Waals surface area contributed by atoms with Crippen LogP contribution in [0.15, 0.2) is 36.4 Å². The van der Waals surface area contributed by atoms with Crippen molar-refractivity contribution in [3.8, 4) is 11.1 Å². The van der Waals surface area contributed by atoms with Crippen LogP contribution in [0.4, 0.5) is 0 Å². The molecule has 0 radical (unpaired) electrons. The summed E-state index contributed by atoms with van der Waals surface area (Å²) in [6.45, 7) is 6.47. The van der Waals surface area contributed by atoms with E-state index in [-0.39, 0.29) is 5.41 Å². The molecule has 1 aliphatic carbocycles. The standard InChI is InChI=1S/C21H28N2/c1-15-5-7-17-18-8-6-16(2)14-20(18)21(9-11-22-3,10-12-23-4)19(17)13-15/h5-8,13-14,22-23H,9-12H2,1-4H3. The van der Waals surface area contributed by atoms with E-state index in [1.165, 1.54) is 33.4 Å². The summed E-state index contributed by atoms with van der Waals surface area (Å²) >= 11 is 0. The number of hydrogen-bond donors (Lipinski definition) is 2. The SMILES string of the molecule is CNCCC1(CCNC)c2cc(C)ccc2-c2ccc(C)cc21. The van der Waals surface area contributed by atoms with Crippen molar-refractivity contribution < 1.29 is 0 Å². The first-order chi connectivity index (χ1) is 11.1. The number of rotatable bonds is 6. The number of fused-ring (bicyclic) bond motifs is 3. The van der Waals surface area contributed by atoms with Crippen molar-refractivity contribution in [1.82, 2.24) is 10.6 Å². The van der Waals surface area contributed by atoms with Crippen molar-refractivity contribution >= 4 is 0 Å². The lowest BCUT2D eigenvalue weighted by atomic mass is 9.72. The molecule has 3 rings (SSSR count). The van der Waals surface area contributed by atoms with Crippen molar-refractivity contribution in [2.24, 2.45) is 0 Å². The average molecular weight is 308 g/mol. The van der Waals surface area contributed by atoms with Crippen LogP contribution < -0.4 is 10.6 Å². The normalized spacial score (nSPS) is 14.6. The average Bonchev–Trinajstić information content (AvgIpc) is 2.80. The summed E-state index contributed by atoms with van der Waals surface area (Å²) in [5, 5.41) is 6.73. The van der Waals surface area contributed by atoms with Gasteiger partial charge in [-0.1, -0.05) is 47.5 Å². The Balaban J connectivity index is 2.23. The minimum Gasteiger partial charge on any atom is -0.320 e. The predicted octanol–water partition coefficient (Wildman–Crippen LogP) is 3.79. The summed E-state index contributed by atoms with van der Waals surface area (Å²) in [6.07, 6.45) is 2.27. The highest BCUT2D eigenvalue weighted by Gasteiger charge is 2.42. The Morgan fingerprint density at radius 3 is 1.57 bits per heavy atom. The van der Waals surface area contributed by atoms with Crippen molar-refractivity contribution in [1.29, 1.82) is 0 Å². The van der Waals surface area contributed by atoms with Gasteiger partial charge in [-0.05, 0) is 76.1 Å². The van der Waals surface area contributed by atoms with Gasteiger partial charge in [0, 0.05) is 5.41 Å². The molecule has 0 unspecified atom stereocenters. The van der Waals surface area contributed by atoms with Gasteiger partial charge >= 0.3 is 0 Å². The lowest BCUT2D eigenvalue weighted by molar-refractivity contribution is 0.431. The molecule has 1 aliphatic rings. The third-order valence-electron chi connectivity index (χ3n) is 5.28. The Morgan fingerprint density at radius 2 is 1.17 bits per heavy atom. The molecule has 2 heteroatoms. The number of benzene rings is 2. The van der Waals surface area contributed by atoms with Gasteiger partial charge in [0.1, 0.15) is 0 Å². The van der Waals surface area contributed by atoms with Crippen LogP contribution >= 0.6 is 0 Å². The van der Waals surface area contributed by atoms with E-state index >= 15 is 0 Å². The first-order valence-electron chi connectivity index (χ1n) is 8.64. The van der Waals surface area contributed by atoms with Crippen molar-refractivity contribution in [3.05, 3.63) is 58.7 Å². The van der Waals surface area contributed by atoms with Crippen LogP contribution in [0.25, 0.3) is 11.1 Å². The van der Waals surface area contributed by atoms with Gasteiger partial charge in [-0.15, -0.1) is 0 Å². The molecular weight excluding hydrogens is 280 g/mol. The highest BCUT2D eigenvalue weighted by Crippen LogP contribution is 2.52. The minimum atomic E-state index is 0.120. The van der Waals surface area contributed by atoms with E-state index in [4.69, 9.17) is 0 Å². The Hall–Kier alpha value is -1.64. The zero-order chi connectivity index (χ0) is 16.4. The van der Waals surface area contributed by atoms with Gasteiger partial charge < -0.3 is 10.6 Å².